The summed E-state index contributed by atoms with van der Waals surface area (Å²) >= 11 is 0. The fourth-order valence-electron chi connectivity index (χ4n) is 2.31. The number of hydrogen-bond acceptors (Lipinski definition) is 4. The molecule has 0 unspecified atom stereocenters. The van der Waals surface area contributed by atoms with Crippen molar-refractivity contribution in [3.05, 3.63) is 30.3 Å². The van der Waals surface area contributed by atoms with Crippen LogP contribution in [0.25, 0.3) is 0 Å². The largest absolute Gasteiger partial charge is 0.493 e. The SMILES string of the molecule is CS(=O)(=O)N1C[C@@H](COc2ccccc2)[C@H](C(N)=O)C1. The van der Waals surface area contributed by atoms with E-state index >= 15 is 0 Å². The summed E-state index contributed by atoms with van der Waals surface area (Å²) in [6.45, 7) is 0.667. The Hall–Kier alpha value is -1.60. The van der Waals surface area contributed by atoms with E-state index in [-0.39, 0.29) is 25.6 Å². The number of nitrogens with zero attached hydrogens (tertiary/aromatic N) is 1. The first kappa shape index (κ1) is 14.8. The maximum Gasteiger partial charge on any atom is 0.222 e. The lowest BCUT2D eigenvalue weighted by Crippen LogP contribution is -2.32. The maximum atomic E-state index is 11.6. The third-order valence-corrected chi connectivity index (χ3v) is 4.69. The van der Waals surface area contributed by atoms with E-state index in [4.69, 9.17) is 10.5 Å². The maximum absolute atomic E-state index is 11.6. The van der Waals surface area contributed by atoms with Gasteiger partial charge in [0.2, 0.25) is 15.9 Å². The third kappa shape index (κ3) is 3.49. The summed E-state index contributed by atoms with van der Waals surface area (Å²) in [4.78, 5) is 11.4. The van der Waals surface area contributed by atoms with Crippen LogP contribution in [0.5, 0.6) is 5.75 Å². The van der Waals surface area contributed by atoms with Crippen LogP contribution in [-0.2, 0) is 14.8 Å². The Kier molecular flexibility index (Phi) is 4.29. The first-order chi connectivity index (χ1) is 9.38. The summed E-state index contributed by atoms with van der Waals surface area (Å²) in [6, 6.07) is 9.18. The number of carbonyl (C=O) groups is 1. The number of ether oxygens (including phenoxy) is 1. The molecule has 6 nitrogen and oxygen atoms in total. The van der Waals surface area contributed by atoms with Crippen molar-refractivity contribution in [3.8, 4) is 5.75 Å². The van der Waals surface area contributed by atoms with Crippen molar-refractivity contribution in [2.24, 2.45) is 17.6 Å². The quantitative estimate of drug-likeness (QED) is 0.832. The summed E-state index contributed by atoms with van der Waals surface area (Å²) in [5.41, 5.74) is 5.35. The van der Waals surface area contributed by atoms with Gasteiger partial charge in [-0.25, -0.2) is 12.7 Å². The van der Waals surface area contributed by atoms with Gasteiger partial charge in [0, 0.05) is 19.0 Å². The Labute approximate surface area is 118 Å². The Morgan fingerprint density at radius 1 is 1.35 bits per heavy atom. The van der Waals surface area contributed by atoms with Crippen LogP contribution in [0.1, 0.15) is 0 Å². The van der Waals surface area contributed by atoms with Gasteiger partial charge in [-0.1, -0.05) is 18.2 Å². The molecule has 0 aliphatic carbocycles. The minimum atomic E-state index is -3.31. The standard InChI is InChI=1S/C13H18N2O4S/c1-20(17,18)15-7-10(12(8-15)13(14)16)9-19-11-5-3-2-4-6-11/h2-6,10,12H,7-9H2,1H3,(H2,14,16)/t10-,12+/m0/s1. The van der Waals surface area contributed by atoms with Crippen LogP contribution in [0.2, 0.25) is 0 Å². The zero-order valence-corrected chi connectivity index (χ0v) is 12.0. The molecule has 0 saturated carbocycles. The first-order valence-corrected chi connectivity index (χ1v) is 8.15. The molecule has 1 aromatic rings. The van der Waals surface area contributed by atoms with Crippen LogP contribution in [0.4, 0.5) is 0 Å². The number of nitrogens with two attached hydrogens (primary N) is 1. The zero-order chi connectivity index (χ0) is 14.8. The molecule has 1 aromatic carbocycles. The van der Waals surface area contributed by atoms with Gasteiger partial charge in [0.1, 0.15) is 5.75 Å². The molecule has 0 radical (unpaired) electrons. The molecule has 0 bridgehead atoms. The highest BCUT2D eigenvalue weighted by Crippen LogP contribution is 2.26. The van der Waals surface area contributed by atoms with E-state index in [9.17, 15) is 13.2 Å². The fourth-order valence-corrected chi connectivity index (χ4v) is 3.21. The summed E-state index contributed by atoms with van der Waals surface area (Å²) in [6.07, 6.45) is 1.13. The lowest BCUT2D eigenvalue weighted by atomic mass is 9.96. The Bertz CT molecular complexity index is 573. The molecular formula is C13H18N2O4S. The second-order valence-corrected chi connectivity index (χ2v) is 6.96. The number of primary amides is 1. The van der Waals surface area contributed by atoms with Crippen molar-refractivity contribution in [1.82, 2.24) is 4.31 Å². The Morgan fingerprint density at radius 2 is 2.00 bits per heavy atom. The molecule has 2 atom stereocenters. The average Bonchev–Trinajstić information content (AvgIpc) is 2.82. The second kappa shape index (κ2) is 5.80. The number of para-hydroxylation sites is 1. The normalized spacial score (nSPS) is 23.6. The van der Waals surface area contributed by atoms with Crippen molar-refractivity contribution >= 4 is 15.9 Å². The number of carbonyl (C=O) groups excluding carboxylic acids is 1. The van der Waals surface area contributed by atoms with Crippen molar-refractivity contribution in [3.63, 3.8) is 0 Å². The van der Waals surface area contributed by atoms with Gasteiger partial charge in [0.15, 0.2) is 0 Å². The van der Waals surface area contributed by atoms with Gasteiger partial charge in [-0.2, -0.15) is 0 Å². The molecule has 1 saturated heterocycles. The van der Waals surface area contributed by atoms with Gasteiger partial charge < -0.3 is 10.5 Å². The number of amides is 1. The van der Waals surface area contributed by atoms with E-state index in [2.05, 4.69) is 0 Å². The Morgan fingerprint density at radius 3 is 2.55 bits per heavy atom. The van der Waals surface area contributed by atoms with Crippen LogP contribution in [-0.4, -0.2) is 44.6 Å². The number of rotatable bonds is 5. The van der Waals surface area contributed by atoms with Crippen molar-refractivity contribution in [1.29, 1.82) is 0 Å². The zero-order valence-electron chi connectivity index (χ0n) is 11.2. The fraction of sp³-hybridized carbons (Fsp3) is 0.462. The van der Waals surface area contributed by atoms with Crippen molar-refractivity contribution in [2.45, 2.75) is 0 Å². The van der Waals surface area contributed by atoms with Gasteiger partial charge in [0.05, 0.1) is 18.8 Å². The summed E-state index contributed by atoms with van der Waals surface area (Å²) < 4.78 is 30.0. The highest BCUT2D eigenvalue weighted by molar-refractivity contribution is 7.88. The average molecular weight is 298 g/mol. The van der Waals surface area contributed by atoms with E-state index in [0.717, 1.165) is 6.26 Å². The monoisotopic (exact) mass is 298 g/mol. The first-order valence-electron chi connectivity index (χ1n) is 6.30. The molecule has 1 fully saturated rings. The van der Waals surface area contributed by atoms with Gasteiger partial charge in [-0.15, -0.1) is 0 Å². The van der Waals surface area contributed by atoms with Crippen LogP contribution in [0.15, 0.2) is 30.3 Å². The lowest BCUT2D eigenvalue weighted by Gasteiger charge is -2.16. The van der Waals surface area contributed by atoms with Gasteiger partial charge in [-0.3, -0.25) is 4.79 Å². The molecule has 0 spiro atoms. The lowest BCUT2D eigenvalue weighted by molar-refractivity contribution is -0.122. The van der Waals surface area contributed by atoms with E-state index in [1.54, 1.807) is 0 Å². The summed E-state index contributed by atoms with van der Waals surface area (Å²) in [7, 11) is -3.31. The van der Waals surface area contributed by atoms with Crippen LogP contribution in [0, 0.1) is 11.8 Å². The van der Waals surface area contributed by atoms with Gasteiger partial charge in [0.25, 0.3) is 0 Å². The second-order valence-electron chi connectivity index (χ2n) is 4.97. The summed E-state index contributed by atoms with van der Waals surface area (Å²) in [5.74, 6) is -0.526. The van der Waals surface area contributed by atoms with Crippen LogP contribution < -0.4 is 10.5 Å². The molecule has 1 aliphatic rings. The minimum absolute atomic E-state index is 0.136. The Balaban J connectivity index is 2.03. The van der Waals surface area contributed by atoms with Gasteiger partial charge >= 0.3 is 0 Å². The molecule has 7 heteroatoms. The molecule has 1 amide bonds. The van der Waals surface area contributed by atoms with E-state index in [0.29, 0.717) is 5.75 Å². The molecular weight excluding hydrogens is 280 g/mol. The number of sulfonamides is 1. The molecule has 20 heavy (non-hydrogen) atoms. The number of benzene rings is 1. The van der Waals surface area contributed by atoms with E-state index in [1.165, 1.54) is 4.31 Å². The third-order valence-electron chi connectivity index (χ3n) is 3.45. The molecule has 0 aromatic heterocycles. The summed E-state index contributed by atoms with van der Waals surface area (Å²) in [5, 5.41) is 0. The van der Waals surface area contributed by atoms with Crippen LogP contribution in [0.3, 0.4) is 0 Å². The van der Waals surface area contributed by atoms with Crippen molar-refractivity contribution < 1.29 is 17.9 Å². The predicted molar refractivity (Wildman–Crippen MR) is 74.5 cm³/mol. The highest BCUT2D eigenvalue weighted by Gasteiger charge is 2.40. The van der Waals surface area contributed by atoms with Gasteiger partial charge in [-0.05, 0) is 12.1 Å². The topological polar surface area (TPSA) is 89.7 Å². The molecule has 2 N–H and O–H groups in total. The highest BCUT2D eigenvalue weighted by atomic mass is 32.2. The molecule has 2 rings (SSSR count). The molecule has 110 valence electrons. The van der Waals surface area contributed by atoms with Crippen molar-refractivity contribution in [2.75, 3.05) is 26.0 Å². The predicted octanol–water partition coefficient (Wildman–Crippen LogP) is 0.0583. The molecule has 1 aliphatic heterocycles. The minimum Gasteiger partial charge on any atom is -0.493 e. The van der Waals surface area contributed by atoms with Crippen LogP contribution >= 0.6 is 0 Å². The van der Waals surface area contributed by atoms with E-state index < -0.39 is 21.8 Å². The smallest absolute Gasteiger partial charge is 0.222 e. The van der Waals surface area contributed by atoms with E-state index in [1.807, 2.05) is 30.3 Å². The molecule has 1 heterocycles. The number of hydrogen-bond donors (Lipinski definition) is 1.